The molecule has 0 aliphatic heterocycles. The maximum atomic E-state index is 13.6. The summed E-state index contributed by atoms with van der Waals surface area (Å²) in [5.74, 6) is -1.28. The normalized spacial score (nSPS) is 10.8. The first-order valence-corrected chi connectivity index (χ1v) is 5.08. The molecule has 0 saturated carbocycles. The van der Waals surface area contributed by atoms with Crippen LogP contribution in [0.4, 0.5) is 8.78 Å². The van der Waals surface area contributed by atoms with Crippen molar-refractivity contribution in [2.24, 2.45) is 0 Å². The lowest BCUT2D eigenvalue weighted by molar-refractivity contribution is 0.144. The molecule has 0 fully saturated rings. The Morgan fingerprint density at radius 1 is 1.12 bits per heavy atom. The van der Waals surface area contributed by atoms with Crippen molar-refractivity contribution in [3.05, 3.63) is 36.0 Å². The quantitative estimate of drug-likeness (QED) is 0.768. The van der Waals surface area contributed by atoms with Crippen LogP contribution in [0.25, 0.3) is 10.9 Å². The van der Waals surface area contributed by atoms with E-state index < -0.39 is 11.6 Å². The number of ether oxygens (including phenoxy) is 2. The Kier molecular flexibility index (Phi) is 3.49. The van der Waals surface area contributed by atoms with Gasteiger partial charge >= 0.3 is 0 Å². The van der Waals surface area contributed by atoms with Crippen molar-refractivity contribution in [3.63, 3.8) is 0 Å². The van der Waals surface area contributed by atoms with Gasteiger partial charge in [0.1, 0.15) is 12.4 Å². The van der Waals surface area contributed by atoms with Crippen LogP contribution in [0.1, 0.15) is 0 Å². The highest BCUT2D eigenvalue weighted by Gasteiger charge is 2.13. The Hall–Kier alpha value is -1.75. The molecule has 0 N–H and O–H groups in total. The molecule has 0 amide bonds. The standard InChI is InChI=1S/C12H11F2NO2/c1-16-6-7-17-12-9(14)2-3-10-11(12)8(13)4-5-15-10/h2-5H,6-7H2,1H3. The first-order valence-electron chi connectivity index (χ1n) is 5.08. The van der Waals surface area contributed by atoms with E-state index in [4.69, 9.17) is 9.47 Å². The van der Waals surface area contributed by atoms with E-state index in [1.165, 1.54) is 31.5 Å². The van der Waals surface area contributed by atoms with Gasteiger partial charge in [-0.05, 0) is 18.2 Å². The van der Waals surface area contributed by atoms with Gasteiger partial charge in [-0.3, -0.25) is 4.98 Å². The maximum absolute atomic E-state index is 13.6. The van der Waals surface area contributed by atoms with Gasteiger partial charge in [0.25, 0.3) is 0 Å². The van der Waals surface area contributed by atoms with Gasteiger partial charge in [-0.25, -0.2) is 8.78 Å². The van der Waals surface area contributed by atoms with Crippen molar-refractivity contribution in [2.75, 3.05) is 20.3 Å². The van der Waals surface area contributed by atoms with Crippen molar-refractivity contribution in [2.45, 2.75) is 0 Å². The SMILES string of the molecule is COCCOc1c(F)ccc2nccc(F)c12. The Bertz CT molecular complexity index is 531. The molecule has 5 heteroatoms. The minimum Gasteiger partial charge on any atom is -0.487 e. The molecule has 0 aliphatic rings. The topological polar surface area (TPSA) is 31.4 Å². The van der Waals surface area contributed by atoms with Crippen LogP contribution in [0, 0.1) is 11.6 Å². The monoisotopic (exact) mass is 239 g/mol. The Morgan fingerprint density at radius 3 is 2.71 bits per heavy atom. The predicted molar refractivity (Wildman–Crippen MR) is 59.0 cm³/mol. The molecule has 0 bridgehead atoms. The molecule has 0 radical (unpaired) electrons. The molecule has 0 unspecified atom stereocenters. The number of hydrogen-bond donors (Lipinski definition) is 0. The summed E-state index contributed by atoms with van der Waals surface area (Å²) in [6.07, 6.45) is 1.33. The number of halogens is 2. The highest BCUT2D eigenvalue weighted by molar-refractivity contribution is 5.85. The first-order chi connectivity index (χ1) is 8.24. The van der Waals surface area contributed by atoms with Crippen molar-refractivity contribution < 1.29 is 18.3 Å². The predicted octanol–water partition coefficient (Wildman–Crippen LogP) is 2.54. The summed E-state index contributed by atoms with van der Waals surface area (Å²) < 4.78 is 37.2. The van der Waals surface area contributed by atoms with E-state index in [0.717, 1.165) is 0 Å². The Labute approximate surface area is 97.0 Å². The van der Waals surface area contributed by atoms with E-state index in [9.17, 15) is 8.78 Å². The molecule has 2 rings (SSSR count). The molecule has 17 heavy (non-hydrogen) atoms. The average Bonchev–Trinajstić information content (AvgIpc) is 2.33. The van der Waals surface area contributed by atoms with Crippen LogP contribution >= 0.6 is 0 Å². The number of methoxy groups -OCH3 is 1. The number of rotatable bonds is 4. The summed E-state index contributed by atoms with van der Waals surface area (Å²) in [5.41, 5.74) is 0.360. The highest BCUT2D eigenvalue weighted by atomic mass is 19.1. The number of aromatic nitrogens is 1. The van der Waals surface area contributed by atoms with Crippen molar-refractivity contribution in [3.8, 4) is 5.75 Å². The van der Waals surface area contributed by atoms with Crippen LogP contribution in [0.15, 0.2) is 24.4 Å². The van der Waals surface area contributed by atoms with Crippen molar-refractivity contribution >= 4 is 10.9 Å². The summed E-state index contributed by atoms with van der Waals surface area (Å²) in [7, 11) is 1.50. The van der Waals surface area contributed by atoms with Crippen molar-refractivity contribution in [1.29, 1.82) is 0 Å². The first kappa shape index (κ1) is 11.7. The van der Waals surface area contributed by atoms with E-state index in [0.29, 0.717) is 12.1 Å². The van der Waals surface area contributed by atoms with Crippen LogP contribution in [0.3, 0.4) is 0 Å². The second-order valence-electron chi connectivity index (χ2n) is 3.40. The number of fused-ring (bicyclic) bond motifs is 1. The fourth-order valence-corrected chi connectivity index (χ4v) is 1.52. The lowest BCUT2D eigenvalue weighted by atomic mass is 10.2. The number of pyridine rings is 1. The third-order valence-corrected chi connectivity index (χ3v) is 2.29. The highest BCUT2D eigenvalue weighted by Crippen LogP contribution is 2.29. The van der Waals surface area contributed by atoms with Gasteiger partial charge in [-0.2, -0.15) is 0 Å². The zero-order valence-corrected chi connectivity index (χ0v) is 9.24. The smallest absolute Gasteiger partial charge is 0.167 e. The van der Waals surface area contributed by atoms with Crippen LogP contribution in [-0.4, -0.2) is 25.3 Å². The third-order valence-electron chi connectivity index (χ3n) is 2.29. The lowest BCUT2D eigenvalue weighted by Gasteiger charge is -2.10. The van der Waals surface area contributed by atoms with Gasteiger partial charge in [0.2, 0.25) is 0 Å². The zero-order chi connectivity index (χ0) is 12.3. The minimum atomic E-state index is -0.611. The van der Waals surface area contributed by atoms with E-state index in [2.05, 4.69) is 4.98 Å². The summed E-state index contributed by atoms with van der Waals surface area (Å²) >= 11 is 0. The molecule has 0 saturated heterocycles. The molecule has 3 nitrogen and oxygen atoms in total. The fourth-order valence-electron chi connectivity index (χ4n) is 1.52. The fraction of sp³-hybridized carbons (Fsp3) is 0.250. The van der Waals surface area contributed by atoms with Gasteiger partial charge in [0, 0.05) is 13.3 Å². The molecule has 1 aromatic carbocycles. The van der Waals surface area contributed by atoms with E-state index in [-0.39, 0.29) is 17.7 Å². The lowest BCUT2D eigenvalue weighted by Crippen LogP contribution is -2.06. The maximum Gasteiger partial charge on any atom is 0.167 e. The molecule has 2 aromatic rings. The Morgan fingerprint density at radius 2 is 1.94 bits per heavy atom. The van der Waals surface area contributed by atoms with E-state index >= 15 is 0 Å². The molecule has 0 aliphatic carbocycles. The van der Waals surface area contributed by atoms with Gasteiger partial charge in [0.15, 0.2) is 11.6 Å². The Balaban J connectivity index is 2.47. The van der Waals surface area contributed by atoms with E-state index in [1.807, 2.05) is 0 Å². The zero-order valence-electron chi connectivity index (χ0n) is 9.24. The molecular formula is C12H11F2NO2. The average molecular weight is 239 g/mol. The summed E-state index contributed by atoms with van der Waals surface area (Å²) in [5, 5.41) is 0.0589. The van der Waals surface area contributed by atoms with Crippen molar-refractivity contribution in [1.82, 2.24) is 4.98 Å². The molecule has 1 heterocycles. The van der Waals surface area contributed by atoms with Crippen LogP contribution in [0.2, 0.25) is 0 Å². The van der Waals surface area contributed by atoms with Crippen LogP contribution < -0.4 is 4.74 Å². The molecule has 90 valence electrons. The van der Waals surface area contributed by atoms with Gasteiger partial charge < -0.3 is 9.47 Å². The summed E-state index contributed by atoms with van der Waals surface area (Å²) in [6.45, 7) is 0.457. The van der Waals surface area contributed by atoms with Gasteiger partial charge in [-0.15, -0.1) is 0 Å². The number of hydrogen-bond acceptors (Lipinski definition) is 3. The largest absolute Gasteiger partial charge is 0.487 e. The van der Waals surface area contributed by atoms with E-state index in [1.54, 1.807) is 0 Å². The second kappa shape index (κ2) is 5.05. The number of benzene rings is 1. The molecule has 1 aromatic heterocycles. The summed E-state index contributed by atoms with van der Waals surface area (Å²) in [4.78, 5) is 3.95. The van der Waals surface area contributed by atoms with Gasteiger partial charge in [-0.1, -0.05) is 0 Å². The molecular weight excluding hydrogens is 228 g/mol. The number of nitrogens with zero attached hydrogens (tertiary/aromatic N) is 1. The minimum absolute atomic E-state index is 0.0589. The second-order valence-corrected chi connectivity index (χ2v) is 3.40. The molecule has 0 spiro atoms. The molecule has 0 atom stereocenters. The summed E-state index contributed by atoms with van der Waals surface area (Å²) in [6, 6.07) is 3.79. The van der Waals surface area contributed by atoms with Crippen LogP contribution in [0.5, 0.6) is 5.75 Å². The van der Waals surface area contributed by atoms with Gasteiger partial charge in [0.05, 0.1) is 17.5 Å². The van der Waals surface area contributed by atoms with Crippen LogP contribution in [-0.2, 0) is 4.74 Å². The third kappa shape index (κ3) is 2.34.